The second kappa shape index (κ2) is 6.64. The number of thioether (sulfide) groups is 1. The third-order valence-corrected chi connectivity index (χ3v) is 3.34. The zero-order valence-corrected chi connectivity index (χ0v) is 11.6. The van der Waals surface area contributed by atoms with Gasteiger partial charge in [0.2, 0.25) is 0 Å². The molecule has 0 radical (unpaired) electrons. The molecule has 0 aliphatic rings. The first-order valence-corrected chi connectivity index (χ1v) is 6.71. The molecule has 5 nitrogen and oxygen atoms in total. The van der Waals surface area contributed by atoms with Crippen LogP contribution in [0, 0.1) is 6.92 Å². The molecule has 1 unspecified atom stereocenters. The lowest BCUT2D eigenvalue weighted by Gasteiger charge is -2.10. The molecule has 17 heavy (non-hydrogen) atoms. The van der Waals surface area contributed by atoms with Crippen molar-refractivity contribution in [3.05, 3.63) is 5.82 Å². The molecule has 1 aromatic heterocycles. The molecule has 1 heterocycles. The van der Waals surface area contributed by atoms with E-state index in [-0.39, 0.29) is 11.2 Å². The monoisotopic (exact) mass is 257 g/mol. The fourth-order valence-corrected chi connectivity index (χ4v) is 2.30. The second-order valence-corrected chi connectivity index (χ2v) is 5.01. The number of aryl methyl sites for hydroxylation is 1. The van der Waals surface area contributed by atoms with Crippen LogP contribution in [0.4, 0.5) is 0 Å². The van der Waals surface area contributed by atoms with Crippen LogP contribution in [-0.4, -0.2) is 32.6 Å². The summed E-state index contributed by atoms with van der Waals surface area (Å²) < 4.78 is 7.07. The third kappa shape index (κ3) is 3.73. The van der Waals surface area contributed by atoms with Crippen LogP contribution in [0.3, 0.4) is 0 Å². The highest BCUT2D eigenvalue weighted by Gasteiger charge is 2.19. The van der Waals surface area contributed by atoms with Gasteiger partial charge in [0, 0.05) is 6.54 Å². The van der Waals surface area contributed by atoms with Crippen LogP contribution >= 0.6 is 11.8 Å². The van der Waals surface area contributed by atoms with E-state index < -0.39 is 0 Å². The third-order valence-electron chi connectivity index (χ3n) is 2.28. The summed E-state index contributed by atoms with van der Waals surface area (Å²) in [5.74, 6) is 0.671. The molecule has 0 bridgehead atoms. The summed E-state index contributed by atoms with van der Waals surface area (Å²) >= 11 is 1.39. The molecule has 6 heteroatoms. The maximum Gasteiger partial charge on any atom is 0.319 e. The molecule has 0 fully saturated rings. The predicted molar refractivity (Wildman–Crippen MR) is 67.0 cm³/mol. The van der Waals surface area contributed by atoms with Crippen molar-refractivity contribution in [2.75, 3.05) is 6.61 Å². The molecule has 0 aromatic carbocycles. The number of aromatic nitrogens is 3. The van der Waals surface area contributed by atoms with Gasteiger partial charge in [0.05, 0.1) is 6.61 Å². The molecule has 1 aromatic rings. The summed E-state index contributed by atoms with van der Waals surface area (Å²) in [5.41, 5.74) is 0. The molecule has 0 aliphatic carbocycles. The standard InChI is InChI=1S/C11H19N3O2S/c1-5-7-16-10(15)8(3)17-11-13-12-9(4)14(11)6-2/h8H,5-7H2,1-4H3. The largest absolute Gasteiger partial charge is 0.465 e. The van der Waals surface area contributed by atoms with Crippen molar-refractivity contribution in [3.63, 3.8) is 0 Å². The molecule has 0 saturated carbocycles. The molecule has 96 valence electrons. The molecular weight excluding hydrogens is 238 g/mol. The fourth-order valence-electron chi connectivity index (χ4n) is 1.34. The van der Waals surface area contributed by atoms with Gasteiger partial charge in [0.15, 0.2) is 5.16 Å². The number of hydrogen-bond donors (Lipinski definition) is 0. The van der Waals surface area contributed by atoms with E-state index in [9.17, 15) is 4.79 Å². The predicted octanol–water partition coefficient (Wildman–Crippen LogP) is 2.04. The van der Waals surface area contributed by atoms with E-state index in [1.165, 1.54) is 11.8 Å². The molecule has 1 rings (SSSR count). The fraction of sp³-hybridized carbons (Fsp3) is 0.727. The van der Waals surface area contributed by atoms with Gasteiger partial charge in [0.1, 0.15) is 11.1 Å². The van der Waals surface area contributed by atoms with Crippen LogP contribution in [0.2, 0.25) is 0 Å². The maximum absolute atomic E-state index is 11.6. The Labute approximate surface area is 106 Å². The van der Waals surface area contributed by atoms with Gasteiger partial charge in [-0.25, -0.2) is 0 Å². The van der Waals surface area contributed by atoms with E-state index in [1.807, 2.05) is 32.3 Å². The Morgan fingerprint density at radius 1 is 1.47 bits per heavy atom. The lowest BCUT2D eigenvalue weighted by atomic mass is 10.5. The van der Waals surface area contributed by atoms with Crippen molar-refractivity contribution < 1.29 is 9.53 Å². The quantitative estimate of drug-likeness (QED) is 0.576. The molecule has 0 amide bonds. The highest BCUT2D eigenvalue weighted by molar-refractivity contribution is 8.00. The Morgan fingerprint density at radius 3 is 2.76 bits per heavy atom. The number of ether oxygens (including phenoxy) is 1. The first-order valence-electron chi connectivity index (χ1n) is 5.83. The maximum atomic E-state index is 11.6. The number of esters is 1. The first kappa shape index (κ1) is 14.0. The molecule has 0 aliphatic heterocycles. The van der Waals surface area contributed by atoms with Crippen molar-refractivity contribution in [1.82, 2.24) is 14.8 Å². The van der Waals surface area contributed by atoms with Gasteiger partial charge in [-0.15, -0.1) is 10.2 Å². The minimum Gasteiger partial charge on any atom is -0.465 e. The molecular formula is C11H19N3O2S. The SMILES string of the molecule is CCCOC(=O)C(C)Sc1nnc(C)n1CC. The highest BCUT2D eigenvalue weighted by atomic mass is 32.2. The normalized spacial score (nSPS) is 12.5. The summed E-state index contributed by atoms with van der Waals surface area (Å²) in [7, 11) is 0. The van der Waals surface area contributed by atoms with Crippen LogP contribution in [0.1, 0.15) is 33.0 Å². The molecule has 0 spiro atoms. The number of carbonyl (C=O) groups is 1. The Morgan fingerprint density at radius 2 is 2.18 bits per heavy atom. The van der Waals surface area contributed by atoms with Crippen LogP contribution in [-0.2, 0) is 16.1 Å². The summed E-state index contributed by atoms with van der Waals surface area (Å²) in [6.07, 6.45) is 0.841. The van der Waals surface area contributed by atoms with Gasteiger partial charge in [-0.05, 0) is 27.2 Å². The van der Waals surface area contributed by atoms with Crippen molar-refractivity contribution in [1.29, 1.82) is 0 Å². The van der Waals surface area contributed by atoms with Gasteiger partial charge < -0.3 is 9.30 Å². The van der Waals surface area contributed by atoms with E-state index in [2.05, 4.69) is 10.2 Å². The van der Waals surface area contributed by atoms with Gasteiger partial charge in [-0.2, -0.15) is 0 Å². The van der Waals surface area contributed by atoms with E-state index in [1.54, 1.807) is 0 Å². The topological polar surface area (TPSA) is 57.0 Å². The zero-order valence-electron chi connectivity index (χ0n) is 10.8. The molecule has 1 atom stereocenters. The average molecular weight is 257 g/mol. The van der Waals surface area contributed by atoms with Crippen molar-refractivity contribution in [3.8, 4) is 0 Å². The smallest absolute Gasteiger partial charge is 0.319 e. The van der Waals surface area contributed by atoms with Gasteiger partial charge in [-0.3, -0.25) is 4.79 Å². The molecule has 0 saturated heterocycles. The lowest BCUT2D eigenvalue weighted by molar-refractivity contribution is -0.142. The van der Waals surface area contributed by atoms with Crippen LogP contribution in [0.15, 0.2) is 5.16 Å². The Bertz CT molecular complexity index is 379. The first-order chi connectivity index (χ1) is 8.10. The van der Waals surface area contributed by atoms with Crippen LogP contribution < -0.4 is 0 Å². The Hall–Kier alpha value is -1.04. The van der Waals surface area contributed by atoms with Crippen LogP contribution in [0.25, 0.3) is 0 Å². The zero-order chi connectivity index (χ0) is 12.8. The minimum absolute atomic E-state index is 0.194. The van der Waals surface area contributed by atoms with Crippen molar-refractivity contribution >= 4 is 17.7 Å². The summed E-state index contributed by atoms with van der Waals surface area (Å²) in [4.78, 5) is 11.6. The highest BCUT2D eigenvalue weighted by Crippen LogP contribution is 2.22. The molecule has 0 N–H and O–H groups in total. The average Bonchev–Trinajstić information content (AvgIpc) is 2.66. The second-order valence-electron chi connectivity index (χ2n) is 3.70. The lowest BCUT2D eigenvalue weighted by Crippen LogP contribution is -2.18. The summed E-state index contributed by atoms with van der Waals surface area (Å²) in [5, 5.41) is 8.57. The van der Waals surface area contributed by atoms with Gasteiger partial charge >= 0.3 is 5.97 Å². The summed E-state index contributed by atoms with van der Waals surface area (Å²) in [6, 6.07) is 0. The van der Waals surface area contributed by atoms with Gasteiger partial charge in [-0.1, -0.05) is 18.7 Å². The Balaban J connectivity index is 2.61. The summed E-state index contributed by atoms with van der Waals surface area (Å²) in [6.45, 7) is 9.01. The minimum atomic E-state index is -0.254. The number of nitrogens with zero attached hydrogens (tertiary/aromatic N) is 3. The van der Waals surface area contributed by atoms with E-state index in [0.717, 1.165) is 23.9 Å². The van der Waals surface area contributed by atoms with Crippen LogP contribution in [0.5, 0.6) is 0 Å². The van der Waals surface area contributed by atoms with E-state index in [0.29, 0.717) is 6.61 Å². The number of carbonyl (C=O) groups excluding carboxylic acids is 1. The number of hydrogen-bond acceptors (Lipinski definition) is 5. The number of rotatable bonds is 6. The van der Waals surface area contributed by atoms with Gasteiger partial charge in [0.25, 0.3) is 0 Å². The Kier molecular flexibility index (Phi) is 5.47. The van der Waals surface area contributed by atoms with E-state index in [4.69, 9.17) is 4.74 Å². The van der Waals surface area contributed by atoms with Crippen molar-refractivity contribution in [2.45, 2.75) is 51.1 Å². The van der Waals surface area contributed by atoms with Crippen molar-refractivity contribution in [2.24, 2.45) is 0 Å². The van der Waals surface area contributed by atoms with E-state index >= 15 is 0 Å².